The van der Waals surface area contributed by atoms with Crippen molar-refractivity contribution in [2.24, 2.45) is 0 Å². The van der Waals surface area contributed by atoms with Gasteiger partial charge in [-0.15, -0.1) is 0 Å². The summed E-state index contributed by atoms with van der Waals surface area (Å²) in [5, 5.41) is 0.383. The third-order valence-electron chi connectivity index (χ3n) is 2.16. The molecule has 1 rings (SSSR count). The average Bonchev–Trinajstić information content (AvgIpc) is 2.69. The van der Waals surface area contributed by atoms with Crippen LogP contribution in [0, 0.1) is 0 Å². The maximum atomic E-state index is 12.1. The van der Waals surface area contributed by atoms with Crippen LogP contribution in [0.2, 0.25) is 0 Å². The summed E-state index contributed by atoms with van der Waals surface area (Å²) in [6.07, 6.45) is -4.49. The Balaban J connectivity index is 2.73. The molecule has 0 aliphatic carbocycles. The van der Waals surface area contributed by atoms with Gasteiger partial charge in [-0.2, -0.15) is 13.2 Å². The van der Waals surface area contributed by atoms with Gasteiger partial charge in [-0.25, -0.2) is 4.98 Å². The highest BCUT2D eigenvalue weighted by Gasteiger charge is 2.27. The molecule has 1 aromatic heterocycles. The number of ether oxygens (including phenoxy) is 1. The predicted molar refractivity (Wildman–Crippen MR) is 62.2 cm³/mol. The number of hydrogen-bond acceptors (Lipinski definition) is 5. The molecule has 0 fully saturated rings. The maximum Gasteiger partial charge on any atom is 0.390 e. The van der Waals surface area contributed by atoms with Crippen LogP contribution >= 0.6 is 11.3 Å². The number of thiazole rings is 1. The number of rotatable bonds is 6. The van der Waals surface area contributed by atoms with Crippen LogP contribution < -0.4 is 4.90 Å². The van der Waals surface area contributed by atoms with Gasteiger partial charge in [0.05, 0.1) is 23.6 Å². The Morgan fingerprint density at radius 3 is 2.67 bits per heavy atom. The summed E-state index contributed by atoms with van der Waals surface area (Å²) >= 11 is 1.06. The fraction of sp³-hybridized carbons (Fsp3) is 0.600. The number of aromatic nitrogens is 1. The van der Waals surface area contributed by atoms with Crippen molar-refractivity contribution in [3.8, 4) is 0 Å². The Hall–Kier alpha value is -1.15. The zero-order valence-corrected chi connectivity index (χ0v) is 10.8. The van der Waals surface area contributed by atoms with Crippen molar-refractivity contribution in [3.05, 3.63) is 10.6 Å². The SMILES string of the molecule is COCc1nc(N(C)CCC(F)(F)F)sc1C=O. The largest absolute Gasteiger partial charge is 0.390 e. The van der Waals surface area contributed by atoms with Gasteiger partial charge in [0.1, 0.15) is 0 Å². The monoisotopic (exact) mass is 282 g/mol. The second kappa shape index (κ2) is 6.14. The molecule has 0 spiro atoms. The highest BCUT2D eigenvalue weighted by atomic mass is 32.1. The third kappa shape index (κ3) is 4.26. The van der Waals surface area contributed by atoms with Gasteiger partial charge in [0, 0.05) is 20.7 Å². The topological polar surface area (TPSA) is 42.4 Å². The summed E-state index contributed by atoms with van der Waals surface area (Å²) in [4.78, 5) is 16.6. The van der Waals surface area contributed by atoms with E-state index in [1.807, 2.05) is 0 Å². The van der Waals surface area contributed by atoms with Gasteiger partial charge in [0.25, 0.3) is 0 Å². The normalized spacial score (nSPS) is 11.6. The van der Waals surface area contributed by atoms with Crippen molar-refractivity contribution in [2.45, 2.75) is 19.2 Å². The highest BCUT2D eigenvalue weighted by molar-refractivity contribution is 7.17. The lowest BCUT2D eigenvalue weighted by Gasteiger charge is -2.16. The number of anilines is 1. The molecular weight excluding hydrogens is 269 g/mol. The van der Waals surface area contributed by atoms with Crippen LogP contribution in [0.5, 0.6) is 0 Å². The van der Waals surface area contributed by atoms with Gasteiger partial charge in [-0.1, -0.05) is 11.3 Å². The lowest BCUT2D eigenvalue weighted by Crippen LogP contribution is -2.23. The highest BCUT2D eigenvalue weighted by Crippen LogP contribution is 2.27. The summed E-state index contributed by atoms with van der Waals surface area (Å²) in [7, 11) is 2.97. The third-order valence-corrected chi connectivity index (χ3v) is 3.30. The minimum absolute atomic E-state index is 0.164. The lowest BCUT2D eigenvalue weighted by atomic mass is 10.4. The van der Waals surface area contributed by atoms with Gasteiger partial charge in [-0.3, -0.25) is 4.79 Å². The number of halogens is 3. The van der Waals surface area contributed by atoms with E-state index in [1.54, 1.807) is 0 Å². The molecule has 8 heteroatoms. The fourth-order valence-corrected chi connectivity index (χ4v) is 2.11. The molecule has 0 saturated heterocycles. The van der Waals surface area contributed by atoms with Crippen molar-refractivity contribution in [1.82, 2.24) is 4.98 Å². The summed E-state index contributed by atoms with van der Waals surface area (Å²) in [6.45, 7) is -0.0284. The molecule has 0 radical (unpaired) electrons. The van der Waals surface area contributed by atoms with E-state index in [9.17, 15) is 18.0 Å². The maximum absolute atomic E-state index is 12.1. The minimum atomic E-state index is -4.20. The Morgan fingerprint density at radius 2 is 2.17 bits per heavy atom. The van der Waals surface area contributed by atoms with Gasteiger partial charge in [0.2, 0.25) is 0 Å². The standard InChI is InChI=1S/C10H13F3N2O2S/c1-15(4-3-10(11,12)13)9-14-7(6-17-2)8(5-16)18-9/h5H,3-4,6H2,1-2H3. The fourth-order valence-electron chi connectivity index (χ4n) is 1.24. The summed E-state index contributed by atoms with van der Waals surface area (Å²) < 4.78 is 41.1. The molecule has 0 aliphatic rings. The van der Waals surface area contributed by atoms with Gasteiger partial charge >= 0.3 is 6.18 Å². The molecule has 4 nitrogen and oxygen atoms in total. The molecule has 0 amide bonds. The number of aldehydes is 1. The van der Waals surface area contributed by atoms with E-state index < -0.39 is 12.6 Å². The molecule has 1 heterocycles. The van der Waals surface area contributed by atoms with Crippen LogP contribution in [-0.2, 0) is 11.3 Å². The van der Waals surface area contributed by atoms with Crippen molar-refractivity contribution >= 4 is 22.8 Å². The molecular formula is C10H13F3N2O2S. The van der Waals surface area contributed by atoms with Crippen LogP contribution in [0.25, 0.3) is 0 Å². The number of methoxy groups -OCH3 is 1. The molecule has 0 saturated carbocycles. The van der Waals surface area contributed by atoms with E-state index in [-0.39, 0.29) is 13.2 Å². The van der Waals surface area contributed by atoms with E-state index in [4.69, 9.17) is 4.74 Å². The number of carbonyl (C=O) groups excluding carboxylic acids is 1. The van der Waals surface area contributed by atoms with Crippen molar-refractivity contribution < 1.29 is 22.7 Å². The Bertz CT molecular complexity index is 406. The Morgan fingerprint density at radius 1 is 1.50 bits per heavy atom. The van der Waals surface area contributed by atoms with E-state index in [0.717, 1.165) is 11.3 Å². The number of hydrogen-bond donors (Lipinski definition) is 0. The summed E-state index contributed by atoms with van der Waals surface area (Å²) in [5.74, 6) is 0. The van der Waals surface area contributed by atoms with Crippen molar-refractivity contribution in [1.29, 1.82) is 0 Å². The molecule has 0 N–H and O–H groups in total. The summed E-state index contributed by atoms with van der Waals surface area (Å²) in [6, 6.07) is 0. The summed E-state index contributed by atoms with van der Waals surface area (Å²) in [5.41, 5.74) is 0.450. The van der Waals surface area contributed by atoms with Gasteiger partial charge in [-0.05, 0) is 0 Å². The quantitative estimate of drug-likeness (QED) is 0.752. The number of nitrogens with zero attached hydrogens (tertiary/aromatic N) is 2. The average molecular weight is 282 g/mol. The second-order valence-corrected chi connectivity index (χ2v) is 4.65. The van der Waals surface area contributed by atoms with Crippen LogP contribution in [0.4, 0.5) is 18.3 Å². The van der Waals surface area contributed by atoms with E-state index in [2.05, 4.69) is 4.98 Å². The molecule has 1 aromatic rings. The van der Waals surface area contributed by atoms with Crippen LogP contribution in [0.15, 0.2) is 0 Å². The first-order valence-electron chi connectivity index (χ1n) is 5.09. The number of alkyl halides is 3. The zero-order valence-electron chi connectivity index (χ0n) is 9.95. The molecule has 18 heavy (non-hydrogen) atoms. The van der Waals surface area contributed by atoms with Crippen molar-refractivity contribution in [2.75, 3.05) is 25.6 Å². The van der Waals surface area contributed by atoms with Crippen LogP contribution in [0.1, 0.15) is 21.8 Å². The smallest absolute Gasteiger partial charge is 0.378 e. The second-order valence-electron chi connectivity index (χ2n) is 3.64. The molecule has 0 atom stereocenters. The lowest BCUT2D eigenvalue weighted by molar-refractivity contribution is -0.132. The molecule has 0 aliphatic heterocycles. The molecule has 0 bridgehead atoms. The predicted octanol–water partition coefficient (Wildman–Crippen LogP) is 2.49. The first kappa shape index (κ1) is 14.9. The van der Waals surface area contributed by atoms with Crippen LogP contribution in [0.3, 0.4) is 0 Å². The Kier molecular flexibility index (Phi) is 5.09. The Labute approximate surface area is 106 Å². The zero-order chi connectivity index (χ0) is 13.8. The first-order chi connectivity index (χ1) is 8.37. The molecule has 102 valence electrons. The minimum Gasteiger partial charge on any atom is -0.378 e. The molecule has 0 aromatic carbocycles. The van der Waals surface area contributed by atoms with Gasteiger partial charge in [0.15, 0.2) is 11.4 Å². The van der Waals surface area contributed by atoms with Gasteiger partial charge < -0.3 is 9.64 Å². The van der Waals surface area contributed by atoms with E-state index in [0.29, 0.717) is 22.0 Å². The van der Waals surface area contributed by atoms with E-state index >= 15 is 0 Å². The van der Waals surface area contributed by atoms with Crippen molar-refractivity contribution in [3.63, 3.8) is 0 Å². The number of carbonyl (C=O) groups is 1. The first-order valence-corrected chi connectivity index (χ1v) is 5.90. The van der Waals surface area contributed by atoms with Crippen LogP contribution in [-0.4, -0.2) is 38.1 Å². The molecule has 0 unspecified atom stereocenters. The van der Waals surface area contributed by atoms with E-state index in [1.165, 1.54) is 19.1 Å².